The first-order valence-electron chi connectivity index (χ1n) is 20.4. The highest BCUT2D eigenvalue weighted by Gasteiger charge is 2.36. The van der Waals surface area contributed by atoms with Gasteiger partial charge >= 0.3 is 12.1 Å². The molecular weight excluding hydrogens is 736 g/mol. The number of urea groups is 2. The number of halogens is 1. The number of carbonyl (C=O) groups excluding carboxylic acids is 4. The molecule has 1 aliphatic carbocycles. The Hall–Kier alpha value is -3.88. The number of aliphatic hydroxyl groups is 1. The maximum atomic E-state index is 14.5. The molecular formula is C41H67ClN8O6. The van der Waals surface area contributed by atoms with Crippen molar-refractivity contribution in [3.8, 4) is 0 Å². The van der Waals surface area contributed by atoms with Crippen LogP contribution in [-0.4, -0.2) is 143 Å². The van der Waals surface area contributed by atoms with Crippen LogP contribution in [0.15, 0.2) is 42.9 Å². The number of hydrogen-bond donors (Lipinski definition) is 4. The number of likely N-dealkylation sites (N-methyl/N-ethyl adjacent to an activating group) is 3. The molecule has 2 aliphatic rings. The Morgan fingerprint density at radius 2 is 1.61 bits per heavy atom. The van der Waals surface area contributed by atoms with E-state index in [0.717, 1.165) is 44.1 Å². The molecule has 0 bridgehead atoms. The Morgan fingerprint density at radius 3 is 2.23 bits per heavy atom. The maximum Gasteiger partial charge on any atom is 0.319 e. The Balaban J connectivity index is 0.00000841. The Labute approximate surface area is 339 Å². The Morgan fingerprint density at radius 1 is 0.946 bits per heavy atom. The van der Waals surface area contributed by atoms with Crippen molar-refractivity contribution in [2.75, 3.05) is 60.5 Å². The van der Waals surface area contributed by atoms with E-state index in [4.69, 9.17) is 4.74 Å². The minimum atomic E-state index is -0.997. The zero-order valence-corrected chi connectivity index (χ0v) is 35.0. The summed E-state index contributed by atoms with van der Waals surface area (Å²) in [5.74, 6) is -0.0317. The van der Waals surface area contributed by atoms with Gasteiger partial charge < -0.3 is 45.1 Å². The van der Waals surface area contributed by atoms with Crippen LogP contribution in [0.1, 0.15) is 82.9 Å². The first-order chi connectivity index (χ1) is 26.5. The number of hydrogen-bond acceptors (Lipinski definition) is 7. The number of nitrogens with zero attached hydrogens (tertiary/aromatic N) is 5. The lowest BCUT2D eigenvalue weighted by Crippen LogP contribution is -2.59. The van der Waals surface area contributed by atoms with E-state index < -0.39 is 36.2 Å². The van der Waals surface area contributed by atoms with Crippen LogP contribution in [0.5, 0.6) is 0 Å². The second kappa shape index (κ2) is 24.0. The number of nitrogens with one attached hydrogen (secondary N) is 3. The van der Waals surface area contributed by atoms with E-state index in [9.17, 15) is 24.3 Å². The standard InChI is InChI=1S/C41H66N8O6.ClH/c1-6-30(7-2)26-37(50)34(24-31-14-10-8-11-15-31)44-38(51)36(27-33-28-42-29-43-33)48(5)39(52)35(25-32-16-12-9-13-17-32)45-40(53)46(3)18-19-47(4)41(54)49-20-22-55-23-21-49;/h9,12-13,16-17,28-31,34-37,50H,6-8,10-11,14-15,18-27H2,1-5H3,(H,42,43)(H,44,51)(H,45,53);1H/t34-,35-,36-,37-;/m0./s1. The van der Waals surface area contributed by atoms with E-state index in [2.05, 4.69) is 34.4 Å². The minimum Gasteiger partial charge on any atom is -0.391 e. The number of imidazole rings is 1. The average molecular weight is 803 g/mol. The number of rotatable bonds is 19. The van der Waals surface area contributed by atoms with Crippen LogP contribution < -0.4 is 10.6 Å². The molecule has 14 nitrogen and oxygen atoms in total. The monoisotopic (exact) mass is 802 g/mol. The fourth-order valence-electron chi connectivity index (χ4n) is 7.71. The van der Waals surface area contributed by atoms with Crippen LogP contribution in [0.3, 0.4) is 0 Å². The highest BCUT2D eigenvalue weighted by Crippen LogP contribution is 2.29. The number of benzene rings is 1. The van der Waals surface area contributed by atoms with Crippen molar-refractivity contribution in [3.05, 3.63) is 54.1 Å². The molecule has 6 amide bonds. The van der Waals surface area contributed by atoms with Gasteiger partial charge in [-0.3, -0.25) is 9.59 Å². The molecule has 0 spiro atoms. The molecule has 4 rings (SSSR count). The van der Waals surface area contributed by atoms with Gasteiger partial charge in [0.2, 0.25) is 11.8 Å². The minimum absolute atomic E-state index is 0. The van der Waals surface area contributed by atoms with Crippen molar-refractivity contribution in [1.29, 1.82) is 0 Å². The first kappa shape index (κ1) is 46.5. The molecule has 2 aromatic rings. The number of carbonyl (C=O) groups is 4. The molecule has 1 saturated heterocycles. The summed E-state index contributed by atoms with van der Waals surface area (Å²) in [6.45, 7) is 6.85. The van der Waals surface area contributed by atoms with Gasteiger partial charge in [0.1, 0.15) is 12.1 Å². The highest BCUT2D eigenvalue weighted by atomic mass is 35.5. The fraction of sp³-hybridized carbons (Fsp3) is 0.683. The van der Waals surface area contributed by atoms with Gasteiger partial charge in [-0.15, -0.1) is 12.4 Å². The third-order valence-electron chi connectivity index (χ3n) is 11.5. The molecule has 2 heterocycles. The number of ether oxygens (including phenoxy) is 1. The topological polar surface area (TPSA) is 163 Å². The number of morpholine rings is 1. The predicted octanol–water partition coefficient (Wildman–Crippen LogP) is 4.48. The average Bonchev–Trinajstić information content (AvgIpc) is 3.74. The fourth-order valence-corrected chi connectivity index (χ4v) is 7.71. The van der Waals surface area contributed by atoms with Crippen LogP contribution in [-0.2, 0) is 27.2 Å². The van der Waals surface area contributed by atoms with Crippen molar-refractivity contribution in [1.82, 2.24) is 40.2 Å². The smallest absolute Gasteiger partial charge is 0.319 e. The molecule has 1 saturated carbocycles. The van der Waals surface area contributed by atoms with Crippen LogP contribution in [0.4, 0.5) is 9.59 Å². The van der Waals surface area contributed by atoms with E-state index >= 15 is 0 Å². The Bertz CT molecular complexity index is 1450. The van der Waals surface area contributed by atoms with Crippen molar-refractivity contribution in [2.45, 2.75) is 109 Å². The van der Waals surface area contributed by atoms with E-state index in [-0.39, 0.29) is 43.7 Å². The first-order valence-corrected chi connectivity index (χ1v) is 20.4. The van der Waals surface area contributed by atoms with Gasteiger partial charge in [0.25, 0.3) is 0 Å². The summed E-state index contributed by atoms with van der Waals surface area (Å²) in [6.07, 6.45) is 11.7. The Kier molecular flexibility index (Phi) is 19.9. The molecule has 56 heavy (non-hydrogen) atoms. The van der Waals surface area contributed by atoms with Crippen LogP contribution in [0, 0.1) is 11.8 Å². The molecule has 2 fully saturated rings. The SMILES string of the molecule is CCC(CC)C[C@H](O)[C@H](CC1CCCCC1)NC(=O)[C@H](Cc1c[nH]cn1)N(C)C(=O)[C@H](Cc1ccccc1)NC(=O)N(C)CCN(C)C(=O)N1CCOCC1.Cl. The largest absolute Gasteiger partial charge is 0.391 e. The quantitative estimate of drug-likeness (QED) is 0.163. The molecule has 0 unspecified atom stereocenters. The second-order valence-electron chi connectivity index (χ2n) is 15.5. The van der Waals surface area contributed by atoms with Gasteiger partial charge in [0.05, 0.1) is 37.4 Å². The normalized spacial score (nSPS) is 16.9. The van der Waals surface area contributed by atoms with Gasteiger partial charge in [0.15, 0.2) is 0 Å². The van der Waals surface area contributed by atoms with Crippen LogP contribution >= 0.6 is 12.4 Å². The number of amides is 6. The summed E-state index contributed by atoms with van der Waals surface area (Å²) < 4.78 is 5.36. The zero-order valence-electron chi connectivity index (χ0n) is 34.2. The van der Waals surface area contributed by atoms with Gasteiger partial charge in [-0.2, -0.15) is 0 Å². The lowest BCUT2D eigenvalue weighted by molar-refractivity contribution is -0.141. The molecule has 0 radical (unpaired) electrons. The maximum absolute atomic E-state index is 14.5. The van der Waals surface area contributed by atoms with E-state index in [1.54, 1.807) is 37.1 Å². The van der Waals surface area contributed by atoms with Crippen LogP contribution in [0.2, 0.25) is 0 Å². The molecule has 1 aliphatic heterocycles. The van der Waals surface area contributed by atoms with Crippen molar-refractivity contribution in [2.24, 2.45) is 11.8 Å². The third kappa shape index (κ3) is 14.3. The second-order valence-corrected chi connectivity index (χ2v) is 15.5. The predicted molar refractivity (Wildman–Crippen MR) is 219 cm³/mol. The molecule has 314 valence electrons. The van der Waals surface area contributed by atoms with Crippen molar-refractivity contribution >= 4 is 36.3 Å². The van der Waals surface area contributed by atoms with Gasteiger partial charge in [-0.1, -0.05) is 89.1 Å². The van der Waals surface area contributed by atoms with Crippen LogP contribution in [0.25, 0.3) is 0 Å². The summed E-state index contributed by atoms with van der Waals surface area (Å²) in [7, 11) is 4.93. The van der Waals surface area contributed by atoms with E-state index in [1.165, 1.54) is 22.5 Å². The third-order valence-corrected chi connectivity index (χ3v) is 11.5. The molecule has 1 aromatic heterocycles. The summed E-state index contributed by atoms with van der Waals surface area (Å²) in [5.41, 5.74) is 1.46. The molecule has 4 atom stereocenters. The number of aromatic nitrogens is 2. The van der Waals surface area contributed by atoms with Crippen molar-refractivity contribution in [3.63, 3.8) is 0 Å². The number of H-pyrrole nitrogens is 1. The molecule has 1 aromatic carbocycles. The lowest BCUT2D eigenvalue weighted by atomic mass is 9.82. The van der Waals surface area contributed by atoms with E-state index in [0.29, 0.717) is 63.2 Å². The lowest BCUT2D eigenvalue weighted by Gasteiger charge is -2.35. The summed E-state index contributed by atoms with van der Waals surface area (Å²) in [6, 6.07) is 6.43. The highest BCUT2D eigenvalue weighted by molar-refractivity contribution is 5.92. The van der Waals surface area contributed by atoms with Gasteiger partial charge in [-0.25, -0.2) is 14.6 Å². The van der Waals surface area contributed by atoms with Crippen molar-refractivity contribution < 1.29 is 29.0 Å². The molecule has 15 heteroatoms. The van der Waals surface area contributed by atoms with Gasteiger partial charge in [0, 0.05) is 66.4 Å². The summed E-state index contributed by atoms with van der Waals surface area (Å²) >= 11 is 0. The number of aliphatic hydroxyl groups excluding tert-OH is 1. The zero-order chi connectivity index (χ0) is 39.7. The number of aromatic amines is 1. The molecule has 4 N–H and O–H groups in total. The summed E-state index contributed by atoms with van der Waals surface area (Å²) in [5, 5.41) is 17.7. The summed E-state index contributed by atoms with van der Waals surface area (Å²) in [4.78, 5) is 69.0. The van der Waals surface area contributed by atoms with E-state index in [1.807, 2.05) is 30.3 Å². The van der Waals surface area contributed by atoms with Gasteiger partial charge in [-0.05, 0) is 30.2 Å².